The average Bonchev–Trinajstić information content (AvgIpc) is 2.62. The van der Waals surface area contributed by atoms with Gasteiger partial charge in [0.15, 0.2) is 0 Å². The second kappa shape index (κ2) is 2.60. The van der Waals surface area contributed by atoms with Gasteiger partial charge in [0.2, 0.25) is 0 Å². The minimum Gasteiger partial charge on any atom is -0.468 e. The highest BCUT2D eigenvalue weighted by atomic mass is 16.5. The van der Waals surface area contributed by atoms with E-state index < -0.39 is 0 Å². The molecule has 0 spiro atoms. The van der Waals surface area contributed by atoms with E-state index in [4.69, 9.17) is 0 Å². The lowest BCUT2D eigenvalue weighted by Crippen LogP contribution is -2.23. The number of hydrogen-bond acceptors (Lipinski definition) is 4. The second-order valence-electron chi connectivity index (χ2n) is 2.64. The molecule has 0 aliphatic carbocycles. The molecule has 1 aliphatic rings. The molecule has 2 rings (SSSR count). The molecule has 0 bridgehead atoms. The van der Waals surface area contributed by atoms with Crippen LogP contribution in [0.5, 0.6) is 0 Å². The summed E-state index contributed by atoms with van der Waals surface area (Å²) < 4.78 is 4.62. The van der Waals surface area contributed by atoms with Crippen molar-refractivity contribution in [1.82, 2.24) is 15.5 Å². The lowest BCUT2D eigenvalue weighted by Gasteiger charge is -2.06. The number of aromatic amines is 1. The van der Waals surface area contributed by atoms with Gasteiger partial charge in [-0.25, -0.2) is 4.79 Å². The van der Waals surface area contributed by atoms with Crippen molar-refractivity contribution >= 4 is 5.97 Å². The standard InChI is InChI=1S/C7H9N3O2/c1-12-7(11)6-4-2-9-10-5(4)3-8-6/h2,6,8H,3H2,1H3,(H,9,10)/t6-/m0/s1. The van der Waals surface area contributed by atoms with E-state index in [1.54, 1.807) is 6.20 Å². The van der Waals surface area contributed by atoms with Gasteiger partial charge >= 0.3 is 5.97 Å². The Hall–Kier alpha value is -1.36. The molecule has 1 aromatic heterocycles. The van der Waals surface area contributed by atoms with Gasteiger partial charge in [-0.2, -0.15) is 5.10 Å². The largest absolute Gasteiger partial charge is 0.468 e. The molecule has 5 nitrogen and oxygen atoms in total. The van der Waals surface area contributed by atoms with Gasteiger partial charge in [-0.15, -0.1) is 0 Å². The molecular formula is C7H9N3O2. The molecule has 5 heteroatoms. The van der Waals surface area contributed by atoms with E-state index in [1.165, 1.54) is 7.11 Å². The predicted molar refractivity (Wildman–Crippen MR) is 40.2 cm³/mol. The molecule has 1 aromatic rings. The van der Waals surface area contributed by atoms with Crippen molar-refractivity contribution in [3.05, 3.63) is 17.5 Å². The van der Waals surface area contributed by atoms with Gasteiger partial charge in [-0.05, 0) is 0 Å². The molecule has 0 aromatic carbocycles. The summed E-state index contributed by atoms with van der Waals surface area (Å²) in [5.74, 6) is -0.268. The van der Waals surface area contributed by atoms with Crippen molar-refractivity contribution in [2.75, 3.05) is 7.11 Å². The average molecular weight is 167 g/mol. The van der Waals surface area contributed by atoms with Gasteiger partial charge in [0.05, 0.1) is 19.0 Å². The summed E-state index contributed by atoms with van der Waals surface area (Å²) in [5, 5.41) is 9.65. The molecule has 12 heavy (non-hydrogen) atoms. The maximum absolute atomic E-state index is 11.1. The van der Waals surface area contributed by atoms with Crippen LogP contribution < -0.4 is 5.32 Å². The number of ether oxygens (including phenoxy) is 1. The van der Waals surface area contributed by atoms with Crippen molar-refractivity contribution in [2.45, 2.75) is 12.6 Å². The monoisotopic (exact) mass is 167 g/mol. The summed E-state index contributed by atoms with van der Waals surface area (Å²) in [7, 11) is 1.38. The number of methoxy groups -OCH3 is 1. The number of hydrogen-bond donors (Lipinski definition) is 2. The Bertz CT molecular complexity index is 307. The van der Waals surface area contributed by atoms with Crippen molar-refractivity contribution in [1.29, 1.82) is 0 Å². The summed E-state index contributed by atoms with van der Waals surface area (Å²) in [6, 6.07) is -0.344. The molecule has 0 amide bonds. The van der Waals surface area contributed by atoms with E-state index in [2.05, 4.69) is 20.3 Å². The van der Waals surface area contributed by atoms with Crippen molar-refractivity contribution < 1.29 is 9.53 Å². The normalized spacial score (nSPS) is 20.6. The first-order chi connectivity index (χ1) is 5.83. The summed E-state index contributed by atoms with van der Waals surface area (Å²) in [6.07, 6.45) is 1.65. The second-order valence-corrected chi connectivity index (χ2v) is 2.64. The lowest BCUT2D eigenvalue weighted by molar-refractivity contribution is -0.143. The Labute approximate surface area is 69.1 Å². The number of H-pyrrole nitrogens is 1. The summed E-state index contributed by atoms with van der Waals surface area (Å²) in [5.41, 5.74) is 1.85. The minimum atomic E-state index is -0.344. The van der Waals surface area contributed by atoms with Gasteiger partial charge in [0, 0.05) is 12.1 Å². The maximum Gasteiger partial charge on any atom is 0.327 e. The molecule has 0 saturated carbocycles. The zero-order chi connectivity index (χ0) is 8.55. The maximum atomic E-state index is 11.1. The first-order valence-corrected chi connectivity index (χ1v) is 3.66. The van der Waals surface area contributed by atoms with E-state index in [9.17, 15) is 4.79 Å². The Morgan fingerprint density at radius 1 is 1.83 bits per heavy atom. The molecule has 0 unspecified atom stereocenters. The van der Waals surface area contributed by atoms with E-state index in [1.807, 2.05) is 0 Å². The number of rotatable bonds is 1. The number of aromatic nitrogens is 2. The van der Waals surface area contributed by atoms with Crippen LogP contribution in [-0.2, 0) is 16.1 Å². The van der Waals surface area contributed by atoms with Gasteiger partial charge in [0.1, 0.15) is 6.04 Å². The summed E-state index contributed by atoms with van der Waals surface area (Å²) in [4.78, 5) is 11.1. The molecule has 2 N–H and O–H groups in total. The molecule has 0 fully saturated rings. The zero-order valence-electron chi connectivity index (χ0n) is 6.63. The molecule has 1 atom stereocenters. The molecule has 0 radical (unpaired) electrons. The highest BCUT2D eigenvalue weighted by molar-refractivity contribution is 5.78. The fraction of sp³-hybridized carbons (Fsp3) is 0.429. The molecule has 2 heterocycles. The van der Waals surface area contributed by atoms with Crippen LogP contribution in [-0.4, -0.2) is 23.3 Å². The fourth-order valence-electron chi connectivity index (χ4n) is 1.35. The quantitative estimate of drug-likeness (QED) is 0.565. The third-order valence-corrected chi connectivity index (χ3v) is 1.98. The van der Waals surface area contributed by atoms with E-state index >= 15 is 0 Å². The zero-order valence-corrected chi connectivity index (χ0v) is 6.63. The topological polar surface area (TPSA) is 67.0 Å². The highest BCUT2D eigenvalue weighted by Gasteiger charge is 2.30. The van der Waals surface area contributed by atoms with Crippen LogP contribution in [0, 0.1) is 0 Å². The third kappa shape index (κ3) is 0.902. The Morgan fingerprint density at radius 3 is 3.42 bits per heavy atom. The van der Waals surface area contributed by atoms with Crippen molar-refractivity contribution in [3.63, 3.8) is 0 Å². The minimum absolute atomic E-state index is 0.268. The Kier molecular flexibility index (Phi) is 1.58. The number of carbonyl (C=O) groups is 1. The van der Waals surface area contributed by atoms with Crippen molar-refractivity contribution in [2.24, 2.45) is 0 Å². The first-order valence-electron chi connectivity index (χ1n) is 3.66. The van der Waals surface area contributed by atoms with Gasteiger partial charge in [-0.3, -0.25) is 10.4 Å². The summed E-state index contributed by atoms with van der Waals surface area (Å²) in [6.45, 7) is 0.648. The van der Waals surface area contributed by atoms with Crippen LogP contribution in [0.4, 0.5) is 0 Å². The fourth-order valence-corrected chi connectivity index (χ4v) is 1.35. The van der Waals surface area contributed by atoms with Crippen LogP contribution >= 0.6 is 0 Å². The SMILES string of the molecule is COC(=O)[C@H]1NCc2[nH]ncc21. The predicted octanol–water partition coefficient (Wildman–Crippen LogP) is -0.273. The smallest absolute Gasteiger partial charge is 0.327 e. The van der Waals surface area contributed by atoms with Gasteiger partial charge < -0.3 is 4.74 Å². The number of nitrogens with zero attached hydrogens (tertiary/aromatic N) is 1. The van der Waals surface area contributed by atoms with E-state index in [0.29, 0.717) is 6.54 Å². The summed E-state index contributed by atoms with van der Waals surface area (Å²) >= 11 is 0. The Morgan fingerprint density at radius 2 is 2.67 bits per heavy atom. The highest BCUT2D eigenvalue weighted by Crippen LogP contribution is 2.23. The van der Waals surface area contributed by atoms with Crippen LogP contribution in [0.2, 0.25) is 0 Å². The van der Waals surface area contributed by atoms with Crippen LogP contribution in [0.3, 0.4) is 0 Å². The van der Waals surface area contributed by atoms with Crippen LogP contribution in [0.1, 0.15) is 17.3 Å². The number of carbonyl (C=O) groups excluding carboxylic acids is 1. The van der Waals surface area contributed by atoms with E-state index in [-0.39, 0.29) is 12.0 Å². The number of fused-ring (bicyclic) bond motifs is 1. The van der Waals surface area contributed by atoms with Crippen molar-refractivity contribution in [3.8, 4) is 0 Å². The third-order valence-electron chi connectivity index (χ3n) is 1.98. The lowest BCUT2D eigenvalue weighted by atomic mass is 10.2. The molecule has 0 saturated heterocycles. The van der Waals surface area contributed by atoms with E-state index in [0.717, 1.165) is 11.3 Å². The van der Waals surface area contributed by atoms with Crippen LogP contribution in [0.15, 0.2) is 6.20 Å². The first kappa shape index (κ1) is 7.30. The Balaban J connectivity index is 2.28. The van der Waals surface area contributed by atoms with Gasteiger partial charge in [0.25, 0.3) is 0 Å². The van der Waals surface area contributed by atoms with Crippen LogP contribution in [0.25, 0.3) is 0 Å². The van der Waals surface area contributed by atoms with Gasteiger partial charge in [-0.1, -0.05) is 0 Å². The molecular weight excluding hydrogens is 158 g/mol. The number of esters is 1. The molecule has 1 aliphatic heterocycles. The number of nitrogens with one attached hydrogen (secondary N) is 2. The molecule has 64 valence electrons.